The van der Waals surface area contributed by atoms with Crippen molar-refractivity contribution in [1.29, 1.82) is 0 Å². The Morgan fingerprint density at radius 1 is 0.628 bits per heavy atom. The van der Waals surface area contributed by atoms with Gasteiger partial charge >= 0.3 is 12.3 Å². The topological polar surface area (TPSA) is 9.23 Å². The van der Waals surface area contributed by atoms with E-state index < -0.39 is 57.5 Å². The summed E-state index contributed by atoms with van der Waals surface area (Å²) in [5, 5.41) is -0.925. The number of aryl methyl sites for hydroxylation is 1. The van der Waals surface area contributed by atoms with Gasteiger partial charge in [-0.3, -0.25) is 0 Å². The lowest BCUT2D eigenvalue weighted by atomic mass is 9.97. The number of hydrogen-bond donors (Lipinski definition) is 0. The molecule has 0 heterocycles. The molecule has 0 N–H and O–H groups in total. The summed E-state index contributed by atoms with van der Waals surface area (Å²) in [7, 11) is 0. The first-order valence-corrected chi connectivity index (χ1v) is 13.6. The molecule has 0 saturated carbocycles. The molecule has 0 amide bonds. The minimum absolute atomic E-state index is 0.113. The molecule has 0 bridgehead atoms. The highest BCUT2D eigenvalue weighted by molar-refractivity contribution is 6.31. The predicted molar refractivity (Wildman–Crippen MR) is 146 cm³/mol. The maximum Gasteiger partial charge on any atom is 0.431 e. The molecule has 0 radical (unpaired) electrons. The Morgan fingerprint density at radius 3 is 1.77 bits per heavy atom. The largest absolute Gasteiger partial charge is 0.431 e. The number of ether oxygens (including phenoxy) is 1. The zero-order valence-electron chi connectivity index (χ0n) is 22.6. The summed E-state index contributed by atoms with van der Waals surface area (Å²) in [6.45, 7) is 2.14. The van der Waals surface area contributed by atoms with Crippen LogP contribution in [0.25, 0.3) is 22.3 Å². The standard InChI is InChI=1S/C32H24ClF9O/c1-2-3-4-5-6-18-7-9-19(10-8-18)20-11-12-23(25(34)14-20)21-13-24(33)29(26(35)15-21)32(41,42)43-22-16-27(36)30(28(37)17-22)31(38,39)40/h7-17H,2-6H2,1H3. The molecule has 0 fully saturated rings. The fourth-order valence-corrected chi connectivity index (χ4v) is 4.95. The minimum Gasteiger partial charge on any atom is -0.429 e. The summed E-state index contributed by atoms with van der Waals surface area (Å²) in [5.74, 6) is -8.21. The van der Waals surface area contributed by atoms with E-state index in [2.05, 4.69) is 11.7 Å². The molecule has 0 unspecified atom stereocenters. The summed E-state index contributed by atoms with van der Waals surface area (Å²) in [5.41, 5.74) is -1.81. The summed E-state index contributed by atoms with van der Waals surface area (Å²) >= 11 is 5.91. The van der Waals surface area contributed by atoms with Gasteiger partial charge in [0, 0.05) is 17.7 Å². The number of unbranched alkanes of at least 4 members (excludes halogenated alkanes) is 3. The van der Waals surface area contributed by atoms with Crippen molar-refractivity contribution in [3.05, 3.63) is 112 Å². The van der Waals surface area contributed by atoms with E-state index >= 15 is 4.39 Å². The van der Waals surface area contributed by atoms with Crippen molar-refractivity contribution in [2.24, 2.45) is 0 Å². The van der Waals surface area contributed by atoms with Gasteiger partial charge in [-0.1, -0.05) is 74.2 Å². The van der Waals surface area contributed by atoms with Crippen molar-refractivity contribution in [3.63, 3.8) is 0 Å². The van der Waals surface area contributed by atoms with Crippen molar-refractivity contribution in [2.45, 2.75) is 51.3 Å². The van der Waals surface area contributed by atoms with Crippen LogP contribution in [0, 0.1) is 23.3 Å². The summed E-state index contributed by atoms with van der Waals surface area (Å²) in [4.78, 5) is 0. The highest BCUT2D eigenvalue weighted by atomic mass is 35.5. The van der Waals surface area contributed by atoms with Crippen LogP contribution in [0.5, 0.6) is 5.75 Å². The van der Waals surface area contributed by atoms with Gasteiger partial charge in [0.05, 0.1) is 5.02 Å². The van der Waals surface area contributed by atoms with Crippen LogP contribution < -0.4 is 4.74 Å². The van der Waals surface area contributed by atoms with Gasteiger partial charge < -0.3 is 4.74 Å². The lowest BCUT2D eigenvalue weighted by molar-refractivity contribution is -0.187. The normalized spacial score (nSPS) is 12.1. The molecule has 0 aliphatic carbocycles. The first-order chi connectivity index (χ1) is 20.2. The molecule has 0 aliphatic rings. The van der Waals surface area contributed by atoms with Crippen LogP contribution in [-0.2, 0) is 18.7 Å². The molecule has 43 heavy (non-hydrogen) atoms. The zero-order chi connectivity index (χ0) is 31.5. The second-order valence-electron chi connectivity index (χ2n) is 9.90. The second-order valence-corrected chi connectivity index (χ2v) is 10.3. The van der Waals surface area contributed by atoms with Crippen LogP contribution in [0.2, 0.25) is 5.02 Å². The van der Waals surface area contributed by atoms with Crippen LogP contribution in [-0.4, -0.2) is 0 Å². The first-order valence-electron chi connectivity index (χ1n) is 13.2. The molecular formula is C32H24ClF9O. The van der Waals surface area contributed by atoms with E-state index in [4.69, 9.17) is 11.6 Å². The van der Waals surface area contributed by atoms with E-state index in [1.807, 2.05) is 24.3 Å². The Labute approximate surface area is 246 Å². The Balaban J connectivity index is 1.56. The van der Waals surface area contributed by atoms with Gasteiger partial charge in [0.25, 0.3) is 0 Å². The van der Waals surface area contributed by atoms with Gasteiger partial charge in [-0.15, -0.1) is 0 Å². The molecule has 0 spiro atoms. The van der Waals surface area contributed by atoms with Gasteiger partial charge in [-0.05, 0) is 53.3 Å². The molecule has 0 aromatic heterocycles. The number of benzene rings is 4. The summed E-state index contributed by atoms with van der Waals surface area (Å²) in [6, 6.07) is 12.9. The number of alkyl halides is 5. The molecule has 0 saturated heterocycles. The van der Waals surface area contributed by atoms with Gasteiger partial charge in [0.1, 0.15) is 40.1 Å². The van der Waals surface area contributed by atoms with E-state index in [-0.39, 0.29) is 23.3 Å². The number of rotatable bonds is 10. The first kappa shape index (κ1) is 32.3. The molecular weight excluding hydrogens is 607 g/mol. The van der Waals surface area contributed by atoms with Crippen LogP contribution in [0.4, 0.5) is 39.5 Å². The highest BCUT2D eigenvalue weighted by Gasteiger charge is 2.42. The number of hydrogen-bond acceptors (Lipinski definition) is 1. The summed E-state index contributed by atoms with van der Waals surface area (Å²) < 4.78 is 130. The van der Waals surface area contributed by atoms with Crippen molar-refractivity contribution < 1.29 is 44.3 Å². The Morgan fingerprint density at radius 2 is 1.21 bits per heavy atom. The molecule has 11 heteroatoms. The van der Waals surface area contributed by atoms with E-state index in [0.29, 0.717) is 11.6 Å². The third kappa shape index (κ3) is 7.47. The second kappa shape index (κ2) is 12.9. The lowest BCUT2D eigenvalue weighted by Gasteiger charge is -2.21. The van der Waals surface area contributed by atoms with Crippen molar-refractivity contribution in [1.82, 2.24) is 0 Å². The van der Waals surface area contributed by atoms with Crippen LogP contribution in [0.15, 0.2) is 66.7 Å². The van der Waals surface area contributed by atoms with Crippen molar-refractivity contribution in [3.8, 4) is 28.0 Å². The molecule has 4 aromatic carbocycles. The molecule has 1 nitrogen and oxygen atoms in total. The molecule has 0 aliphatic heterocycles. The molecule has 4 rings (SSSR count). The zero-order valence-corrected chi connectivity index (χ0v) is 23.3. The Hall–Kier alpha value is -3.66. The average Bonchev–Trinajstić information content (AvgIpc) is 2.89. The van der Waals surface area contributed by atoms with Gasteiger partial charge in [-0.25, -0.2) is 17.6 Å². The highest BCUT2D eigenvalue weighted by Crippen LogP contribution is 2.42. The maximum absolute atomic E-state index is 15.1. The lowest BCUT2D eigenvalue weighted by Crippen LogP contribution is -2.24. The minimum atomic E-state index is -5.44. The Bertz CT molecular complexity index is 1550. The fraction of sp³-hybridized carbons (Fsp3) is 0.250. The van der Waals surface area contributed by atoms with Crippen molar-refractivity contribution >= 4 is 11.6 Å². The fourth-order valence-electron chi connectivity index (χ4n) is 4.63. The quantitative estimate of drug-likeness (QED) is 0.125. The monoisotopic (exact) mass is 630 g/mol. The van der Waals surface area contributed by atoms with Crippen LogP contribution in [0.1, 0.15) is 49.3 Å². The van der Waals surface area contributed by atoms with E-state index in [0.717, 1.165) is 42.9 Å². The van der Waals surface area contributed by atoms with E-state index in [1.165, 1.54) is 18.6 Å². The van der Waals surface area contributed by atoms with Crippen molar-refractivity contribution in [2.75, 3.05) is 0 Å². The maximum atomic E-state index is 15.1. The Kier molecular flexibility index (Phi) is 9.69. The number of halogens is 10. The third-order valence-electron chi connectivity index (χ3n) is 6.76. The predicted octanol–water partition coefficient (Wildman–Crippen LogP) is 11.5. The van der Waals surface area contributed by atoms with Crippen LogP contribution in [0.3, 0.4) is 0 Å². The molecule has 4 aromatic rings. The average molecular weight is 631 g/mol. The van der Waals surface area contributed by atoms with Gasteiger partial charge in [0.15, 0.2) is 0 Å². The SMILES string of the molecule is CCCCCCc1ccc(-c2ccc(-c3cc(F)c(C(F)(F)Oc4cc(F)c(C(F)(F)F)c(F)c4)c(Cl)c3)c(F)c2)cc1. The van der Waals surface area contributed by atoms with Gasteiger partial charge in [-0.2, -0.15) is 22.0 Å². The van der Waals surface area contributed by atoms with Gasteiger partial charge in [0.2, 0.25) is 0 Å². The smallest absolute Gasteiger partial charge is 0.429 e. The summed E-state index contributed by atoms with van der Waals surface area (Å²) in [6.07, 6.45) is -4.67. The molecule has 0 atom stereocenters. The third-order valence-corrected chi connectivity index (χ3v) is 7.06. The van der Waals surface area contributed by atoms with Crippen LogP contribution >= 0.6 is 11.6 Å². The van der Waals surface area contributed by atoms with E-state index in [1.54, 1.807) is 6.07 Å². The molecule has 228 valence electrons. The van der Waals surface area contributed by atoms with E-state index in [9.17, 15) is 35.1 Å².